The second-order valence-electron chi connectivity index (χ2n) is 18.6. The van der Waals surface area contributed by atoms with Gasteiger partial charge in [-0.05, 0) is 119 Å². The van der Waals surface area contributed by atoms with E-state index in [-0.39, 0.29) is 57.3 Å². The second-order valence-corrected chi connectivity index (χ2v) is 18.6. The quantitative estimate of drug-likeness (QED) is 0.380. The van der Waals surface area contributed by atoms with Crippen molar-refractivity contribution in [1.29, 1.82) is 0 Å². The van der Waals surface area contributed by atoms with Crippen LogP contribution in [0.15, 0.2) is 0 Å². The normalized spacial score (nSPS) is 51.9. The van der Waals surface area contributed by atoms with Crippen molar-refractivity contribution in [3.63, 3.8) is 0 Å². The van der Waals surface area contributed by atoms with Crippen molar-refractivity contribution < 1.29 is 34.0 Å². The van der Waals surface area contributed by atoms with Gasteiger partial charge in [0.25, 0.3) is 0 Å². The number of rotatable bonds is 6. The van der Waals surface area contributed by atoms with E-state index in [9.17, 15) is 15.0 Å². The van der Waals surface area contributed by atoms with Gasteiger partial charge in [-0.25, -0.2) is 4.79 Å². The van der Waals surface area contributed by atoms with E-state index in [2.05, 4.69) is 39.5 Å². The highest BCUT2D eigenvalue weighted by Crippen LogP contribution is 2.89. The summed E-state index contributed by atoms with van der Waals surface area (Å²) in [6.45, 7) is 20.1. The molecule has 5 aliphatic carbocycles. The molecule has 7 aliphatic rings. The molecule has 14 atom stereocenters. The number of carbonyl (C=O) groups is 1. The van der Waals surface area contributed by atoms with Crippen LogP contribution in [-0.2, 0) is 23.7 Å². The minimum atomic E-state index is -1.03. The molecule has 8 heteroatoms. The van der Waals surface area contributed by atoms with E-state index < -0.39 is 23.9 Å². The highest BCUT2D eigenvalue weighted by molar-refractivity contribution is 5.75. The molecule has 2 spiro atoms. The fourth-order valence-corrected chi connectivity index (χ4v) is 13.8. The average molecular weight is 646 g/mol. The van der Waals surface area contributed by atoms with Crippen LogP contribution in [0.2, 0.25) is 0 Å². The van der Waals surface area contributed by atoms with Crippen LogP contribution < -0.4 is 0 Å². The van der Waals surface area contributed by atoms with Crippen LogP contribution in [0, 0.1) is 50.7 Å². The fraction of sp³-hybridized carbons (Fsp3) is 0.974. The Balaban J connectivity index is 1.13. The summed E-state index contributed by atoms with van der Waals surface area (Å²) in [5.74, 6) is 1.41. The number of ether oxygens (including phenoxy) is 4. The minimum absolute atomic E-state index is 0.0146. The Morgan fingerprint density at radius 1 is 1.07 bits per heavy atom. The lowest BCUT2D eigenvalue weighted by Gasteiger charge is -2.63. The molecule has 0 bridgehead atoms. The Morgan fingerprint density at radius 2 is 1.76 bits per heavy atom. The van der Waals surface area contributed by atoms with E-state index in [1.807, 2.05) is 27.8 Å². The Morgan fingerprint density at radius 3 is 2.43 bits per heavy atom. The zero-order valence-corrected chi connectivity index (χ0v) is 30.1. The summed E-state index contributed by atoms with van der Waals surface area (Å²) < 4.78 is 25.2. The lowest BCUT2D eigenvalue weighted by Crippen LogP contribution is -2.60. The molecule has 5 saturated carbocycles. The number of hydrogen-bond acceptors (Lipinski definition) is 8. The molecular weight excluding hydrogens is 582 g/mol. The summed E-state index contributed by atoms with van der Waals surface area (Å²) >= 11 is 0. The number of aliphatic hydroxyl groups is 2. The number of hydrogen-bond donors (Lipinski definition) is 2. The smallest absolute Gasteiger partial charge is 0.336 e. The van der Waals surface area contributed by atoms with Gasteiger partial charge in [-0.15, -0.1) is 0 Å². The lowest BCUT2D eigenvalue weighted by molar-refractivity contribution is -0.215. The summed E-state index contributed by atoms with van der Waals surface area (Å²) in [6, 6.07) is 0. The van der Waals surface area contributed by atoms with Gasteiger partial charge in [-0.2, -0.15) is 0 Å². The van der Waals surface area contributed by atoms with Crippen LogP contribution in [0.5, 0.6) is 0 Å². The molecule has 262 valence electrons. The van der Waals surface area contributed by atoms with Crippen molar-refractivity contribution in [3.05, 3.63) is 0 Å². The summed E-state index contributed by atoms with van der Waals surface area (Å²) in [6.07, 6.45) is 6.62. The van der Waals surface area contributed by atoms with Gasteiger partial charge in [0.1, 0.15) is 12.2 Å². The van der Waals surface area contributed by atoms with Crippen molar-refractivity contribution in [3.8, 4) is 0 Å². The Hall–Kier alpha value is -0.770. The second kappa shape index (κ2) is 10.9. The first kappa shape index (κ1) is 33.7. The molecule has 2 aliphatic heterocycles. The first-order valence-corrected chi connectivity index (χ1v) is 18.7. The van der Waals surface area contributed by atoms with E-state index in [4.69, 9.17) is 18.9 Å². The third kappa shape index (κ3) is 4.41. The topological polar surface area (TPSA) is 97.7 Å². The maximum Gasteiger partial charge on any atom is 0.336 e. The number of likely N-dealkylation sites (N-methyl/N-ethyl adjacent to an activating group) is 1. The Bertz CT molecular complexity index is 1200. The SMILES string of the molecule is CCOC(C1CC(C)C2C(O1)C(O)C1(C)C3CCC4C(C)(C)C(OC(=O)C5CN(C)CCO5)CCC45CC35CCC21C)C(C)(C)O. The van der Waals surface area contributed by atoms with Crippen LogP contribution in [-0.4, -0.2) is 96.7 Å². The van der Waals surface area contributed by atoms with Crippen molar-refractivity contribution in [2.45, 2.75) is 149 Å². The third-order valence-corrected chi connectivity index (χ3v) is 15.9. The molecule has 0 radical (unpaired) electrons. The van der Waals surface area contributed by atoms with E-state index in [0.717, 1.165) is 45.1 Å². The van der Waals surface area contributed by atoms with Gasteiger partial charge < -0.3 is 34.1 Å². The van der Waals surface area contributed by atoms with Crippen LogP contribution in [0.4, 0.5) is 0 Å². The zero-order chi connectivity index (χ0) is 33.2. The van der Waals surface area contributed by atoms with Crippen LogP contribution in [0.3, 0.4) is 0 Å². The van der Waals surface area contributed by atoms with Crippen molar-refractivity contribution >= 4 is 5.97 Å². The molecule has 0 aromatic heterocycles. The van der Waals surface area contributed by atoms with Crippen LogP contribution in [0.25, 0.3) is 0 Å². The molecule has 0 aromatic rings. The van der Waals surface area contributed by atoms with Gasteiger partial charge in [0, 0.05) is 30.5 Å². The molecule has 46 heavy (non-hydrogen) atoms. The average Bonchev–Trinajstić information content (AvgIpc) is 3.61. The van der Waals surface area contributed by atoms with Crippen LogP contribution >= 0.6 is 0 Å². The molecule has 2 heterocycles. The van der Waals surface area contributed by atoms with Gasteiger partial charge in [-0.1, -0.05) is 34.6 Å². The van der Waals surface area contributed by atoms with E-state index in [0.29, 0.717) is 37.5 Å². The standard InChI is InChI=1S/C38H63NO7/c1-10-43-31(34(5,6)42)23-19-22(2)28-29(45-23)30(40)36(8)26-12-11-25-33(3,4)27(46-32(41)24-20-39(9)17-18-44-24)13-14-37(25)21-38(26,37)16-15-35(28,36)7/h22-31,40,42H,10-21H2,1-9H3. The summed E-state index contributed by atoms with van der Waals surface area (Å²) in [5, 5.41) is 23.6. The summed E-state index contributed by atoms with van der Waals surface area (Å²) in [4.78, 5) is 15.4. The minimum Gasteiger partial charge on any atom is -0.460 e. The van der Waals surface area contributed by atoms with Gasteiger partial charge in [0.05, 0.1) is 30.5 Å². The number of esters is 1. The Labute approximate surface area is 277 Å². The van der Waals surface area contributed by atoms with E-state index >= 15 is 0 Å². The number of carbonyl (C=O) groups excluding carboxylic acids is 1. The Kier molecular flexibility index (Phi) is 7.96. The third-order valence-electron chi connectivity index (χ3n) is 15.9. The number of nitrogens with zero attached hydrogens (tertiary/aromatic N) is 1. The highest BCUT2D eigenvalue weighted by Gasteiger charge is 2.84. The molecule has 7 rings (SSSR count). The first-order valence-electron chi connectivity index (χ1n) is 18.7. The molecule has 2 saturated heterocycles. The zero-order valence-electron chi connectivity index (χ0n) is 30.1. The fourth-order valence-electron chi connectivity index (χ4n) is 13.8. The van der Waals surface area contributed by atoms with Gasteiger partial charge in [0.2, 0.25) is 0 Å². The van der Waals surface area contributed by atoms with Gasteiger partial charge in [-0.3, -0.25) is 0 Å². The summed E-state index contributed by atoms with van der Waals surface area (Å²) in [5.41, 5.74) is -0.893. The number of fused-ring (bicyclic) bond motifs is 4. The first-order chi connectivity index (χ1) is 21.5. The van der Waals surface area contributed by atoms with Gasteiger partial charge >= 0.3 is 5.97 Å². The molecular formula is C38H63NO7. The van der Waals surface area contributed by atoms with E-state index in [1.165, 1.54) is 12.8 Å². The molecule has 0 aromatic carbocycles. The molecule has 14 unspecified atom stereocenters. The maximum absolute atomic E-state index is 13.3. The highest BCUT2D eigenvalue weighted by atomic mass is 16.6. The molecule has 0 amide bonds. The number of morpholine rings is 1. The number of aliphatic hydroxyl groups excluding tert-OH is 1. The summed E-state index contributed by atoms with van der Waals surface area (Å²) in [7, 11) is 2.03. The van der Waals surface area contributed by atoms with Crippen LogP contribution in [0.1, 0.15) is 107 Å². The van der Waals surface area contributed by atoms with Gasteiger partial charge in [0.15, 0.2) is 6.10 Å². The van der Waals surface area contributed by atoms with Crippen molar-refractivity contribution in [2.24, 2.45) is 50.7 Å². The van der Waals surface area contributed by atoms with Crippen molar-refractivity contribution in [1.82, 2.24) is 4.90 Å². The van der Waals surface area contributed by atoms with Crippen molar-refractivity contribution in [2.75, 3.05) is 33.4 Å². The predicted octanol–water partition coefficient (Wildman–Crippen LogP) is 5.22. The largest absolute Gasteiger partial charge is 0.460 e. The maximum atomic E-state index is 13.3. The molecule has 8 nitrogen and oxygen atoms in total. The van der Waals surface area contributed by atoms with E-state index in [1.54, 1.807) is 0 Å². The molecule has 2 N–H and O–H groups in total. The monoisotopic (exact) mass is 645 g/mol. The molecule has 7 fully saturated rings. The lowest BCUT2D eigenvalue weighted by atomic mass is 9.41. The predicted molar refractivity (Wildman–Crippen MR) is 175 cm³/mol.